The van der Waals surface area contributed by atoms with E-state index in [1.807, 2.05) is 43.3 Å². The summed E-state index contributed by atoms with van der Waals surface area (Å²) < 4.78 is 0. The Hall–Kier alpha value is -2.29. The summed E-state index contributed by atoms with van der Waals surface area (Å²) in [5, 5.41) is 7.75. The zero-order valence-corrected chi connectivity index (χ0v) is 11.4. The summed E-state index contributed by atoms with van der Waals surface area (Å²) in [6, 6.07) is 16.2. The van der Waals surface area contributed by atoms with Crippen LogP contribution in [0.2, 0.25) is 0 Å². The maximum atomic E-state index is 7.75. The number of nitrogens with two attached hydrogens (primary N) is 1. The third-order valence-corrected chi connectivity index (χ3v) is 3.12. The Labute approximate surface area is 114 Å². The first kappa shape index (κ1) is 13.1. The molecule has 0 amide bonds. The van der Waals surface area contributed by atoms with Gasteiger partial charge in [0.1, 0.15) is 5.84 Å². The van der Waals surface area contributed by atoms with Gasteiger partial charge in [0.05, 0.1) is 5.69 Å². The summed E-state index contributed by atoms with van der Waals surface area (Å²) >= 11 is 0. The second-order valence-corrected chi connectivity index (χ2v) is 4.51. The van der Waals surface area contributed by atoms with E-state index in [0.29, 0.717) is 0 Å². The van der Waals surface area contributed by atoms with Crippen molar-refractivity contribution in [2.75, 3.05) is 11.4 Å². The van der Waals surface area contributed by atoms with Crippen LogP contribution in [-0.2, 0) is 0 Å². The van der Waals surface area contributed by atoms with Gasteiger partial charge in [-0.25, -0.2) is 0 Å². The van der Waals surface area contributed by atoms with Crippen molar-refractivity contribution in [1.82, 2.24) is 0 Å². The lowest BCUT2D eigenvalue weighted by Gasteiger charge is -2.26. The zero-order chi connectivity index (χ0) is 13.8. The molecule has 2 rings (SSSR count). The van der Waals surface area contributed by atoms with Gasteiger partial charge in [-0.1, -0.05) is 29.8 Å². The Kier molecular flexibility index (Phi) is 3.85. The first-order valence-corrected chi connectivity index (χ1v) is 6.41. The Morgan fingerprint density at radius 2 is 1.84 bits per heavy atom. The van der Waals surface area contributed by atoms with Crippen LogP contribution in [0.25, 0.3) is 0 Å². The highest BCUT2D eigenvalue weighted by molar-refractivity contribution is 6.01. The van der Waals surface area contributed by atoms with Gasteiger partial charge in [0.25, 0.3) is 0 Å². The van der Waals surface area contributed by atoms with Crippen molar-refractivity contribution in [2.45, 2.75) is 13.8 Å². The summed E-state index contributed by atoms with van der Waals surface area (Å²) in [6.45, 7) is 4.93. The van der Waals surface area contributed by atoms with Gasteiger partial charge >= 0.3 is 0 Å². The van der Waals surface area contributed by atoms with Gasteiger partial charge in [-0.15, -0.1) is 0 Å². The van der Waals surface area contributed by atoms with Crippen molar-refractivity contribution >= 4 is 17.2 Å². The van der Waals surface area contributed by atoms with Gasteiger partial charge in [-0.3, -0.25) is 5.41 Å². The minimum absolute atomic E-state index is 0.105. The lowest BCUT2D eigenvalue weighted by Crippen LogP contribution is -2.22. The van der Waals surface area contributed by atoms with Crippen LogP contribution in [0.15, 0.2) is 48.5 Å². The fourth-order valence-electron chi connectivity index (χ4n) is 2.20. The SMILES string of the molecule is CCN(c1ccccc1)c1ccc(C)cc1C(=N)N. The van der Waals surface area contributed by atoms with Crippen LogP contribution in [0.1, 0.15) is 18.1 Å². The summed E-state index contributed by atoms with van der Waals surface area (Å²) in [5.74, 6) is 0.105. The highest BCUT2D eigenvalue weighted by Crippen LogP contribution is 2.28. The molecule has 0 saturated carbocycles. The molecular formula is C16H19N3. The van der Waals surface area contributed by atoms with Crippen LogP contribution < -0.4 is 10.6 Å². The lowest BCUT2D eigenvalue weighted by atomic mass is 10.1. The fraction of sp³-hybridized carbons (Fsp3) is 0.188. The van der Waals surface area contributed by atoms with Crippen LogP contribution >= 0.6 is 0 Å². The summed E-state index contributed by atoms with van der Waals surface area (Å²) in [4.78, 5) is 2.16. The molecule has 0 heterocycles. The lowest BCUT2D eigenvalue weighted by molar-refractivity contribution is 1.02. The Bertz CT molecular complexity index is 576. The first-order chi connectivity index (χ1) is 9.13. The number of rotatable bonds is 4. The molecular weight excluding hydrogens is 234 g/mol. The van der Waals surface area contributed by atoms with Crippen molar-refractivity contribution in [3.05, 3.63) is 59.7 Å². The quantitative estimate of drug-likeness (QED) is 0.648. The molecule has 0 radical (unpaired) electrons. The molecule has 19 heavy (non-hydrogen) atoms. The molecule has 3 N–H and O–H groups in total. The number of nitrogens with zero attached hydrogens (tertiary/aromatic N) is 1. The number of para-hydroxylation sites is 1. The van der Waals surface area contributed by atoms with E-state index in [1.54, 1.807) is 0 Å². The standard InChI is InChI=1S/C16H19N3/c1-3-19(13-7-5-4-6-8-13)15-10-9-12(2)11-14(15)16(17)18/h4-11H,3H2,1-2H3,(H3,17,18). The molecule has 0 aliphatic heterocycles. The molecule has 98 valence electrons. The van der Waals surface area contributed by atoms with Crippen LogP contribution in [0.3, 0.4) is 0 Å². The minimum Gasteiger partial charge on any atom is -0.384 e. The molecule has 2 aromatic rings. The van der Waals surface area contributed by atoms with Gasteiger partial charge in [-0.2, -0.15) is 0 Å². The number of benzene rings is 2. The Balaban J connectivity index is 2.53. The average Bonchev–Trinajstić information content (AvgIpc) is 2.42. The monoisotopic (exact) mass is 253 g/mol. The van der Waals surface area contributed by atoms with E-state index in [4.69, 9.17) is 11.1 Å². The second kappa shape index (κ2) is 5.57. The number of anilines is 2. The predicted octanol–water partition coefficient (Wildman–Crippen LogP) is 3.44. The Morgan fingerprint density at radius 1 is 1.16 bits per heavy atom. The molecule has 0 fully saturated rings. The van der Waals surface area contributed by atoms with Crippen molar-refractivity contribution in [2.24, 2.45) is 5.73 Å². The van der Waals surface area contributed by atoms with Gasteiger partial charge in [0.2, 0.25) is 0 Å². The van der Waals surface area contributed by atoms with Gasteiger partial charge in [0.15, 0.2) is 0 Å². The van der Waals surface area contributed by atoms with Crippen LogP contribution in [-0.4, -0.2) is 12.4 Å². The zero-order valence-electron chi connectivity index (χ0n) is 11.4. The van der Waals surface area contributed by atoms with E-state index in [9.17, 15) is 0 Å². The number of nitrogen functional groups attached to an aromatic ring is 1. The van der Waals surface area contributed by atoms with E-state index in [1.165, 1.54) is 0 Å². The van der Waals surface area contributed by atoms with Crippen LogP contribution in [0.4, 0.5) is 11.4 Å². The maximum absolute atomic E-state index is 7.75. The minimum atomic E-state index is 0.105. The third kappa shape index (κ3) is 2.76. The van der Waals surface area contributed by atoms with Crippen molar-refractivity contribution in [3.8, 4) is 0 Å². The molecule has 0 unspecified atom stereocenters. The molecule has 3 nitrogen and oxygen atoms in total. The van der Waals surface area contributed by atoms with E-state index >= 15 is 0 Å². The molecule has 0 aromatic heterocycles. The second-order valence-electron chi connectivity index (χ2n) is 4.51. The van der Waals surface area contributed by atoms with Crippen LogP contribution in [0, 0.1) is 12.3 Å². The molecule has 0 aliphatic rings. The number of amidine groups is 1. The summed E-state index contributed by atoms with van der Waals surface area (Å²) in [7, 11) is 0. The molecule has 0 aliphatic carbocycles. The van der Waals surface area contributed by atoms with E-state index in [0.717, 1.165) is 29.0 Å². The number of nitrogens with one attached hydrogen (secondary N) is 1. The largest absolute Gasteiger partial charge is 0.384 e. The fourth-order valence-corrected chi connectivity index (χ4v) is 2.20. The van der Waals surface area contributed by atoms with Crippen molar-refractivity contribution < 1.29 is 0 Å². The average molecular weight is 253 g/mol. The molecule has 0 bridgehead atoms. The smallest absolute Gasteiger partial charge is 0.124 e. The number of hydrogen-bond donors (Lipinski definition) is 2. The highest BCUT2D eigenvalue weighted by atomic mass is 15.1. The normalized spacial score (nSPS) is 10.2. The van der Waals surface area contributed by atoms with E-state index in [2.05, 4.69) is 24.0 Å². The number of hydrogen-bond acceptors (Lipinski definition) is 2. The van der Waals surface area contributed by atoms with E-state index in [-0.39, 0.29) is 5.84 Å². The van der Waals surface area contributed by atoms with Crippen LogP contribution in [0.5, 0.6) is 0 Å². The number of aryl methyl sites for hydroxylation is 1. The summed E-state index contributed by atoms with van der Waals surface area (Å²) in [5.41, 5.74) is 9.69. The highest BCUT2D eigenvalue weighted by Gasteiger charge is 2.13. The molecule has 2 aromatic carbocycles. The predicted molar refractivity (Wildman–Crippen MR) is 81.3 cm³/mol. The van der Waals surface area contributed by atoms with E-state index < -0.39 is 0 Å². The van der Waals surface area contributed by atoms with Gasteiger partial charge in [0, 0.05) is 17.8 Å². The maximum Gasteiger partial charge on any atom is 0.124 e. The first-order valence-electron chi connectivity index (χ1n) is 6.41. The molecule has 0 saturated heterocycles. The topological polar surface area (TPSA) is 53.1 Å². The third-order valence-electron chi connectivity index (χ3n) is 3.12. The molecule has 3 heteroatoms. The summed E-state index contributed by atoms with van der Waals surface area (Å²) in [6.07, 6.45) is 0. The Morgan fingerprint density at radius 3 is 2.42 bits per heavy atom. The van der Waals surface area contributed by atoms with Gasteiger partial charge < -0.3 is 10.6 Å². The van der Waals surface area contributed by atoms with Crippen molar-refractivity contribution in [1.29, 1.82) is 5.41 Å². The molecule has 0 atom stereocenters. The molecule has 0 spiro atoms. The van der Waals surface area contributed by atoms with Gasteiger partial charge in [-0.05, 0) is 38.1 Å². The van der Waals surface area contributed by atoms with Crippen molar-refractivity contribution in [3.63, 3.8) is 0 Å².